The molecule has 3 N–H and O–H groups in total. The Bertz CT molecular complexity index is 781. The Balaban J connectivity index is 1.89. The summed E-state index contributed by atoms with van der Waals surface area (Å²) in [6, 6.07) is 0.795. The molecule has 134 valence electrons. The van der Waals surface area contributed by atoms with Crippen LogP contribution in [0.4, 0.5) is 0 Å². The SMILES string of the molecule is CC1(C)OC2C(n3ccc(=O)[nH]c3=O)CC(COP(=O)(O)O)[C@@H]2O1. The zero-order chi connectivity index (χ0) is 17.7. The van der Waals surface area contributed by atoms with Gasteiger partial charge in [-0.15, -0.1) is 0 Å². The van der Waals surface area contributed by atoms with Crippen molar-refractivity contribution in [2.75, 3.05) is 6.61 Å². The number of aromatic amines is 1. The molecule has 3 rings (SSSR count). The summed E-state index contributed by atoms with van der Waals surface area (Å²) in [5.74, 6) is -1.26. The standard InChI is InChI=1S/C13H19N2O8P/c1-13(2)22-10-7(6-21-24(18,19)20)5-8(11(10)23-13)15-4-3-9(16)14-12(15)17/h3-4,7-8,10-11H,5-6H2,1-2H3,(H,14,16,17)(H2,18,19,20)/t7?,8?,10-,11?/m0/s1. The van der Waals surface area contributed by atoms with Gasteiger partial charge in [0.1, 0.15) is 6.10 Å². The largest absolute Gasteiger partial charge is 0.469 e. The second kappa shape index (κ2) is 5.91. The molecule has 4 atom stereocenters. The number of hydrogen-bond donors (Lipinski definition) is 3. The molecule has 1 aliphatic heterocycles. The molecule has 1 aromatic rings. The molecule has 24 heavy (non-hydrogen) atoms. The summed E-state index contributed by atoms with van der Waals surface area (Å²) in [6.45, 7) is 3.22. The van der Waals surface area contributed by atoms with Gasteiger partial charge in [-0.05, 0) is 20.3 Å². The van der Waals surface area contributed by atoms with Crippen molar-refractivity contribution in [3.05, 3.63) is 33.1 Å². The molecule has 10 nitrogen and oxygen atoms in total. The predicted octanol–water partition coefficient (Wildman–Crippen LogP) is -0.273. The molecule has 1 aliphatic carbocycles. The van der Waals surface area contributed by atoms with Gasteiger partial charge in [0.15, 0.2) is 5.79 Å². The maximum absolute atomic E-state index is 12.1. The van der Waals surface area contributed by atoms with E-state index in [9.17, 15) is 14.2 Å². The molecule has 1 saturated heterocycles. The molecule has 3 unspecified atom stereocenters. The van der Waals surface area contributed by atoms with Gasteiger partial charge in [0.25, 0.3) is 5.56 Å². The first-order valence-corrected chi connectivity index (χ1v) is 8.96. The predicted molar refractivity (Wildman–Crippen MR) is 80.3 cm³/mol. The van der Waals surface area contributed by atoms with Gasteiger partial charge < -0.3 is 19.3 Å². The van der Waals surface area contributed by atoms with E-state index < -0.39 is 43.1 Å². The molecule has 11 heteroatoms. The van der Waals surface area contributed by atoms with Crippen molar-refractivity contribution in [1.82, 2.24) is 9.55 Å². The number of H-pyrrole nitrogens is 1. The van der Waals surface area contributed by atoms with E-state index >= 15 is 0 Å². The topological polar surface area (TPSA) is 140 Å². The van der Waals surface area contributed by atoms with E-state index in [2.05, 4.69) is 9.51 Å². The number of nitrogens with zero attached hydrogens (tertiary/aromatic N) is 1. The normalized spacial score (nSPS) is 32.0. The van der Waals surface area contributed by atoms with E-state index in [1.54, 1.807) is 13.8 Å². The lowest BCUT2D eigenvalue weighted by atomic mass is 10.1. The van der Waals surface area contributed by atoms with Crippen LogP contribution < -0.4 is 11.2 Å². The van der Waals surface area contributed by atoms with Crippen molar-refractivity contribution >= 4 is 7.82 Å². The minimum absolute atomic E-state index is 0.223. The Kier molecular flexibility index (Phi) is 4.31. The third-order valence-corrected chi connectivity index (χ3v) is 4.70. The maximum atomic E-state index is 12.1. The second-order valence-electron chi connectivity index (χ2n) is 6.43. The number of phosphoric ester groups is 1. The summed E-state index contributed by atoms with van der Waals surface area (Å²) in [5.41, 5.74) is -1.08. The molecule has 0 spiro atoms. The van der Waals surface area contributed by atoms with Gasteiger partial charge in [-0.1, -0.05) is 0 Å². The van der Waals surface area contributed by atoms with Gasteiger partial charge in [-0.3, -0.25) is 18.9 Å². The molecule has 2 aliphatic rings. The fourth-order valence-corrected chi connectivity index (χ4v) is 3.76. The van der Waals surface area contributed by atoms with Crippen molar-refractivity contribution in [1.29, 1.82) is 0 Å². The minimum Gasteiger partial charge on any atom is -0.344 e. The Morgan fingerprint density at radius 1 is 1.38 bits per heavy atom. The van der Waals surface area contributed by atoms with Crippen LogP contribution in [0.2, 0.25) is 0 Å². The minimum atomic E-state index is -4.61. The average molecular weight is 362 g/mol. The van der Waals surface area contributed by atoms with Gasteiger partial charge >= 0.3 is 13.5 Å². The fraction of sp³-hybridized carbons (Fsp3) is 0.692. The quantitative estimate of drug-likeness (QED) is 0.622. The number of phosphoric acid groups is 1. The van der Waals surface area contributed by atoms with Crippen molar-refractivity contribution in [2.45, 2.75) is 44.3 Å². The van der Waals surface area contributed by atoms with Crippen LogP contribution in [0.5, 0.6) is 0 Å². The highest BCUT2D eigenvalue weighted by Gasteiger charge is 2.55. The smallest absolute Gasteiger partial charge is 0.344 e. The van der Waals surface area contributed by atoms with Crippen molar-refractivity contribution in [3.63, 3.8) is 0 Å². The molecule has 2 fully saturated rings. The lowest BCUT2D eigenvalue weighted by molar-refractivity contribution is -0.161. The van der Waals surface area contributed by atoms with Gasteiger partial charge in [-0.2, -0.15) is 0 Å². The first kappa shape index (κ1) is 17.5. The number of fused-ring (bicyclic) bond motifs is 1. The van der Waals surface area contributed by atoms with E-state index in [0.29, 0.717) is 6.42 Å². The molecule has 1 aromatic heterocycles. The monoisotopic (exact) mass is 362 g/mol. The Morgan fingerprint density at radius 3 is 2.67 bits per heavy atom. The highest BCUT2D eigenvalue weighted by atomic mass is 31.2. The van der Waals surface area contributed by atoms with Crippen LogP contribution in [0.1, 0.15) is 26.3 Å². The number of aromatic nitrogens is 2. The summed E-state index contributed by atoms with van der Waals surface area (Å²) in [6.07, 6.45) is 0.769. The van der Waals surface area contributed by atoms with Crippen LogP contribution in [0, 0.1) is 5.92 Å². The van der Waals surface area contributed by atoms with Gasteiger partial charge in [0.2, 0.25) is 0 Å². The molecule has 0 amide bonds. The highest BCUT2D eigenvalue weighted by Crippen LogP contribution is 2.48. The molecule has 0 bridgehead atoms. The summed E-state index contributed by atoms with van der Waals surface area (Å²) < 4.78 is 28.6. The summed E-state index contributed by atoms with van der Waals surface area (Å²) >= 11 is 0. The molecular formula is C13H19N2O8P. The Labute approximate surface area is 136 Å². The zero-order valence-corrected chi connectivity index (χ0v) is 14.0. The molecule has 2 heterocycles. The summed E-state index contributed by atoms with van der Waals surface area (Å²) in [7, 11) is -4.61. The number of nitrogens with one attached hydrogen (secondary N) is 1. The maximum Gasteiger partial charge on any atom is 0.469 e. The molecular weight excluding hydrogens is 343 g/mol. The number of ether oxygens (including phenoxy) is 2. The van der Waals surface area contributed by atoms with Crippen molar-refractivity contribution in [2.24, 2.45) is 5.92 Å². The lowest BCUT2D eigenvalue weighted by Crippen LogP contribution is -2.36. The van der Waals surface area contributed by atoms with Crippen LogP contribution in [0.25, 0.3) is 0 Å². The van der Waals surface area contributed by atoms with Crippen LogP contribution in [0.15, 0.2) is 21.9 Å². The number of rotatable bonds is 4. The first-order chi connectivity index (χ1) is 11.1. The second-order valence-corrected chi connectivity index (χ2v) is 7.67. The fourth-order valence-electron chi connectivity index (χ4n) is 3.37. The average Bonchev–Trinajstić information content (AvgIpc) is 2.90. The Morgan fingerprint density at radius 2 is 2.04 bits per heavy atom. The van der Waals surface area contributed by atoms with Crippen molar-refractivity contribution < 1.29 is 28.3 Å². The molecule has 1 saturated carbocycles. The van der Waals surface area contributed by atoms with E-state index in [1.165, 1.54) is 16.8 Å². The van der Waals surface area contributed by atoms with Crippen molar-refractivity contribution in [3.8, 4) is 0 Å². The Hall–Kier alpha value is -1.29. The molecule has 0 aromatic carbocycles. The van der Waals surface area contributed by atoms with Gasteiger partial charge in [-0.25, -0.2) is 9.36 Å². The van der Waals surface area contributed by atoms with E-state index in [1.807, 2.05) is 0 Å². The summed E-state index contributed by atoms with van der Waals surface area (Å²) in [5, 5.41) is 0. The molecule has 0 radical (unpaired) electrons. The van der Waals surface area contributed by atoms with E-state index in [0.717, 1.165) is 0 Å². The number of hydrogen-bond acceptors (Lipinski definition) is 6. The van der Waals surface area contributed by atoms with Crippen LogP contribution in [0.3, 0.4) is 0 Å². The highest BCUT2D eigenvalue weighted by molar-refractivity contribution is 7.46. The third-order valence-electron chi connectivity index (χ3n) is 4.22. The first-order valence-electron chi connectivity index (χ1n) is 7.43. The third kappa shape index (κ3) is 3.53. The van der Waals surface area contributed by atoms with E-state index in [4.69, 9.17) is 19.3 Å². The van der Waals surface area contributed by atoms with Gasteiger partial charge in [0.05, 0.1) is 18.8 Å². The van der Waals surface area contributed by atoms with E-state index in [-0.39, 0.29) is 12.5 Å². The zero-order valence-electron chi connectivity index (χ0n) is 13.1. The summed E-state index contributed by atoms with van der Waals surface area (Å²) in [4.78, 5) is 43.3. The lowest BCUT2D eigenvalue weighted by Gasteiger charge is -2.24. The van der Waals surface area contributed by atoms with Crippen LogP contribution in [-0.4, -0.2) is 43.9 Å². The van der Waals surface area contributed by atoms with Gasteiger partial charge in [0, 0.05) is 18.2 Å². The van der Waals surface area contributed by atoms with Crippen LogP contribution >= 0.6 is 7.82 Å². The van der Waals surface area contributed by atoms with Crippen LogP contribution in [-0.2, 0) is 18.6 Å².